The first kappa shape index (κ1) is 16.8. The Bertz CT molecular complexity index is 860. The van der Waals surface area contributed by atoms with Crippen LogP contribution in [0.3, 0.4) is 0 Å². The number of likely N-dealkylation sites (tertiary alicyclic amines) is 1. The molecule has 2 aromatic rings. The summed E-state index contributed by atoms with van der Waals surface area (Å²) in [5, 5.41) is 0. The number of hydrogen-bond donors (Lipinski definition) is 1. The average Bonchev–Trinajstić information content (AvgIpc) is 3.03. The summed E-state index contributed by atoms with van der Waals surface area (Å²) < 4.78 is 0. The lowest BCUT2D eigenvalue weighted by Gasteiger charge is -2.37. The van der Waals surface area contributed by atoms with Crippen LogP contribution in [0.15, 0.2) is 24.3 Å². The highest BCUT2D eigenvalue weighted by Gasteiger charge is 2.38. The Morgan fingerprint density at radius 1 is 1.15 bits per heavy atom. The largest absolute Gasteiger partial charge is 0.369 e. The van der Waals surface area contributed by atoms with Gasteiger partial charge in [0.1, 0.15) is 0 Å². The van der Waals surface area contributed by atoms with Crippen LogP contribution >= 0.6 is 0 Å². The Morgan fingerprint density at radius 3 is 2.42 bits per heavy atom. The van der Waals surface area contributed by atoms with E-state index in [4.69, 9.17) is 10.7 Å². The first-order valence-corrected chi connectivity index (χ1v) is 9.10. The molecule has 7 heteroatoms. The highest BCUT2D eigenvalue weighted by Crippen LogP contribution is 2.28. The second-order valence-electron chi connectivity index (χ2n) is 7.19. The second kappa shape index (κ2) is 6.55. The van der Waals surface area contributed by atoms with Crippen LogP contribution < -0.4 is 10.6 Å². The van der Waals surface area contributed by atoms with Gasteiger partial charge in [-0.15, -0.1) is 0 Å². The van der Waals surface area contributed by atoms with Gasteiger partial charge in [-0.2, -0.15) is 0 Å². The third-order valence-electron chi connectivity index (χ3n) is 5.49. The molecule has 1 aromatic heterocycles. The summed E-state index contributed by atoms with van der Waals surface area (Å²) in [6.45, 7) is 4.10. The molecule has 0 aliphatic carbocycles. The molecule has 0 radical (unpaired) electrons. The number of fused-ring (bicyclic) bond motifs is 1. The van der Waals surface area contributed by atoms with Crippen molar-refractivity contribution >= 4 is 28.7 Å². The van der Waals surface area contributed by atoms with Crippen molar-refractivity contribution in [3.8, 4) is 0 Å². The number of rotatable bonds is 3. The van der Waals surface area contributed by atoms with Crippen molar-refractivity contribution in [1.29, 1.82) is 0 Å². The van der Waals surface area contributed by atoms with Gasteiger partial charge in [-0.3, -0.25) is 9.59 Å². The fraction of sp³-hybridized carbons (Fsp3) is 0.474. The maximum atomic E-state index is 12.2. The zero-order chi connectivity index (χ0) is 18.3. The standard InChI is InChI=1S/C19H23N5O2/c1-12-19(22-16-5-3-2-4-15(16)21-12)23-8-6-14(7-9-23)24-11-13(18(20)26)10-17(24)25/h2-5,13-14H,6-11H2,1H3,(H2,20,26). The Labute approximate surface area is 152 Å². The van der Waals surface area contributed by atoms with Crippen molar-refractivity contribution in [3.05, 3.63) is 30.0 Å². The van der Waals surface area contributed by atoms with Crippen LogP contribution in [-0.4, -0.2) is 52.4 Å². The summed E-state index contributed by atoms with van der Waals surface area (Å²) in [6, 6.07) is 8.06. The summed E-state index contributed by atoms with van der Waals surface area (Å²) in [5.74, 6) is 0.258. The van der Waals surface area contributed by atoms with Crippen molar-refractivity contribution in [1.82, 2.24) is 14.9 Å². The van der Waals surface area contributed by atoms with E-state index < -0.39 is 0 Å². The molecule has 26 heavy (non-hydrogen) atoms. The maximum Gasteiger partial charge on any atom is 0.223 e. The first-order valence-electron chi connectivity index (χ1n) is 9.10. The molecule has 2 fully saturated rings. The number of carbonyl (C=O) groups is 2. The van der Waals surface area contributed by atoms with E-state index in [0.29, 0.717) is 6.54 Å². The number of carbonyl (C=O) groups excluding carboxylic acids is 2. The lowest BCUT2D eigenvalue weighted by atomic mass is 10.0. The normalized spacial score (nSPS) is 21.6. The molecular weight excluding hydrogens is 330 g/mol. The van der Waals surface area contributed by atoms with Gasteiger partial charge in [0.05, 0.1) is 22.6 Å². The van der Waals surface area contributed by atoms with Crippen LogP contribution in [0.25, 0.3) is 11.0 Å². The van der Waals surface area contributed by atoms with Gasteiger partial charge < -0.3 is 15.5 Å². The molecule has 4 rings (SSSR count). The van der Waals surface area contributed by atoms with E-state index in [2.05, 4.69) is 9.88 Å². The summed E-state index contributed by atoms with van der Waals surface area (Å²) in [6.07, 6.45) is 1.99. The quantitative estimate of drug-likeness (QED) is 0.896. The third kappa shape index (κ3) is 2.98. The number of piperidine rings is 1. The first-order chi connectivity index (χ1) is 12.5. The molecule has 2 N–H and O–H groups in total. The van der Waals surface area contributed by atoms with Crippen LogP contribution in [0, 0.1) is 12.8 Å². The summed E-state index contributed by atoms with van der Waals surface area (Å²) in [5.41, 5.74) is 8.10. The van der Waals surface area contributed by atoms with Crippen LogP contribution in [0.5, 0.6) is 0 Å². The van der Waals surface area contributed by atoms with E-state index in [9.17, 15) is 9.59 Å². The highest BCUT2D eigenvalue weighted by molar-refractivity contribution is 5.88. The fourth-order valence-electron chi connectivity index (χ4n) is 4.04. The minimum absolute atomic E-state index is 0.0499. The molecule has 2 aliphatic rings. The summed E-state index contributed by atoms with van der Waals surface area (Å²) in [4.78, 5) is 37.2. The number of nitrogens with two attached hydrogens (primary N) is 1. The predicted molar refractivity (Wildman–Crippen MR) is 98.5 cm³/mol. The molecule has 7 nitrogen and oxygen atoms in total. The van der Waals surface area contributed by atoms with Crippen molar-refractivity contribution in [2.75, 3.05) is 24.5 Å². The van der Waals surface area contributed by atoms with E-state index in [1.54, 1.807) is 0 Å². The topological polar surface area (TPSA) is 92.4 Å². The number of primary amides is 1. The van der Waals surface area contributed by atoms with Gasteiger partial charge in [-0.1, -0.05) is 12.1 Å². The van der Waals surface area contributed by atoms with E-state index in [1.165, 1.54) is 0 Å². The van der Waals surface area contributed by atoms with Gasteiger partial charge in [0.15, 0.2) is 5.82 Å². The van der Waals surface area contributed by atoms with E-state index in [-0.39, 0.29) is 30.2 Å². The minimum Gasteiger partial charge on any atom is -0.369 e. The Hall–Kier alpha value is -2.70. The van der Waals surface area contributed by atoms with Crippen LogP contribution in [0.2, 0.25) is 0 Å². The molecule has 0 spiro atoms. The van der Waals surface area contributed by atoms with Crippen molar-refractivity contribution < 1.29 is 9.59 Å². The molecule has 1 unspecified atom stereocenters. The lowest BCUT2D eigenvalue weighted by Crippen LogP contribution is -2.46. The predicted octanol–water partition coefficient (Wildman–Crippen LogP) is 1.24. The van der Waals surface area contributed by atoms with Crippen molar-refractivity contribution in [2.24, 2.45) is 11.7 Å². The molecule has 136 valence electrons. The number of nitrogens with zero attached hydrogens (tertiary/aromatic N) is 4. The fourth-order valence-corrected chi connectivity index (χ4v) is 4.04. The molecule has 1 atom stereocenters. The number of benzene rings is 1. The zero-order valence-electron chi connectivity index (χ0n) is 14.9. The minimum atomic E-state index is -0.375. The van der Waals surface area contributed by atoms with Crippen molar-refractivity contribution in [3.63, 3.8) is 0 Å². The molecule has 0 bridgehead atoms. The molecular formula is C19H23N5O2. The summed E-state index contributed by atoms with van der Waals surface area (Å²) >= 11 is 0. The smallest absolute Gasteiger partial charge is 0.223 e. The Kier molecular flexibility index (Phi) is 4.22. The van der Waals surface area contributed by atoms with Crippen LogP contribution in [0.4, 0.5) is 5.82 Å². The van der Waals surface area contributed by atoms with E-state index in [1.807, 2.05) is 36.1 Å². The second-order valence-corrected chi connectivity index (χ2v) is 7.19. The van der Waals surface area contributed by atoms with Gasteiger partial charge >= 0.3 is 0 Å². The molecule has 2 amide bonds. The molecule has 1 aromatic carbocycles. The molecule has 0 saturated carbocycles. The van der Waals surface area contributed by atoms with E-state index in [0.717, 1.165) is 48.5 Å². The zero-order valence-corrected chi connectivity index (χ0v) is 14.9. The maximum absolute atomic E-state index is 12.2. The lowest BCUT2D eigenvalue weighted by molar-refractivity contribution is -0.130. The van der Waals surface area contributed by atoms with E-state index >= 15 is 0 Å². The third-order valence-corrected chi connectivity index (χ3v) is 5.49. The molecule has 2 saturated heterocycles. The average molecular weight is 353 g/mol. The van der Waals surface area contributed by atoms with Crippen LogP contribution in [-0.2, 0) is 9.59 Å². The molecule has 3 heterocycles. The van der Waals surface area contributed by atoms with Gasteiger partial charge in [-0.05, 0) is 31.9 Å². The van der Waals surface area contributed by atoms with Gasteiger partial charge in [0.2, 0.25) is 11.8 Å². The number of hydrogen-bond acceptors (Lipinski definition) is 5. The van der Waals surface area contributed by atoms with Gasteiger partial charge in [-0.25, -0.2) is 9.97 Å². The monoisotopic (exact) mass is 353 g/mol. The van der Waals surface area contributed by atoms with Crippen LogP contribution in [0.1, 0.15) is 25.0 Å². The highest BCUT2D eigenvalue weighted by atomic mass is 16.2. The number of aromatic nitrogens is 2. The number of amides is 2. The Morgan fingerprint density at radius 2 is 1.81 bits per heavy atom. The van der Waals surface area contributed by atoms with Gasteiger partial charge in [0.25, 0.3) is 0 Å². The van der Waals surface area contributed by atoms with Crippen molar-refractivity contribution in [2.45, 2.75) is 32.2 Å². The van der Waals surface area contributed by atoms with Gasteiger partial charge in [0, 0.05) is 32.1 Å². The number of anilines is 1. The number of para-hydroxylation sites is 2. The SMILES string of the molecule is Cc1nc2ccccc2nc1N1CCC(N2CC(C(N)=O)CC2=O)CC1. The number of aryl methyl sites for hydroxylation is 1. The summed E-state index contributed by atoms with van der Waals surface area (Å²) in [7, 11) is 0. The Balaban J connectivity index is 1.46. The molecule has 2 aliphatic heterocycles.